The molecule has 0 N–H and O–H groups in total. The van der Waals surface area contributed by atoms with Crippen molar-refractivity contribution >= 4 is 23.5 Å². The molecule has 1 heterocycles. The Morgan fingerprint density at radius 2 is 1.78 bits per heavy atom. The lowest BCUT2D eigenvalue weighted by atomic mass is 9.88. The van der Waals surface area contributed by atoms with E-state index in [4.69, 9.17) is 9.47 Å². The molecule has 5 rings (SSSR count). The second-order valence-electron chi connectivity index (χ2n) is 9.69. The topological polar surface area (TPSA) is 18.5 Å². The Kier molecular flexibility index (Phi) is 7.73. The minimum Gasteiger partial charge on any atom is -0.494 e. The molecule has 1 atom stereocenters. The van der Waals surface area contributed by atoms with E-state index < -0.39 is 17.8 Å². The van der Waals surface area contributed by atoms with Crippen LogP contribution in [0.1, 0.15) is 52.3 Å². The summed E-state index contributed by atoms with van der Waals surface area (Å²) in [7, 11) is 0. The van der Waals surface area contributed by atoms with Crippen LogP contribution in [0.4, 0.5) is 13.2 Å². The summed E-state index contributed by atoms with van der Waals surface area (Å²) in [4.78, 5) is 1.17. The van der Waals surface area contributed by atoms with Crippen molar-refractivity contribution in [2.75, 3.05) is 24.4 Å². The molecule has 0 fully saturated rings. The van der Waals surface area contributed by atoms with Crippen LogP contribution in [0.3, 0.4) is 0 Å². The Hall–Kier alpha value is -2.25. The maximum absolute atomic E-state index is 14.2. The summed E-state index contributed by atoms with van der Waals surface area (Å²) in [6.07, 6.45) is 0.0637. The predicted molar refractivity (Wildman–Crippen MR) is 147 cm³/mol. The Morgan fingerprint density at radius 3 is 2.51 bits per heavy atom. The average Bonchev–Trinajstić information content (AvgIpc) is 3.48. The lowest BCUT2D eigenvalue weighted by Gasteiger charge is -2.22. The second-order valence-corrected chi connectivity index (χ2v) is 11.8. The number of benzene rings is 3. The fourth-order valence-electron chi connectivity index (χ4n) is 5.53. The monoisotopic (exact) mass is 544 g/mol. The van der Waals surface area contributed by atoms with Gasteiger partial charge in [0.25, 0.3) is 0 Å². The third kappa shape index (κ3) is 5.49. The lowest BCUT2D eigenvalue weighted by molar-refractivity contribution is -0.138. The molecule has 3 aromatic carbocycles. The number of thioether (sulfide) groups is 2. The van der Waals surface area contributed by atoms with Crippen molar-refractivity contribution in [1.29, 1.82) is 0 Å². The normalized spacial score (nSPS) is 16.5. The fourth-order valence-corrected chi connectivity index (χ4v) is 7.03. The first-order valence-corrected chi connectivity index (χ1v) is 15.0. The van der Waals surface area contributed by atoms with Crippen molar-refractivity contribution in [3.05, 3.63) is 75.8 Å². The molecule has 0 radical (unpaired) electrons. The van der Waals surface area contributed by atoms with Crippen molar-refractivity contribution in [3.8, 4) is 22.6 Å². The molecule has 0 amide bonds. The van der Waals surface area contributed by atoms with Gasteiger partial charge in [0, 0.05) is 16.2 Å². The van der Waals surface area contributed by atoms with Gasteiger partial charge in [0.1, 0.15) is 17.6 Å². The number of hydrogen-bond acceptors (Lipinski definition) is 4. The molecule has 196 valence electrons. The van der Waals surface area contributed by atoms with Gasteiger partial charge in [-0.05, 0) is 115 Å². The average molecular weight is 545 g/mol. The standard InChI is InChI=1S/C30H31F3O2S2/c1-18-15-22(34-12-4-13-36-3)16-19(2)28(18)23-7-9-25(30(31,32)33)29-24(23)8-10-26(29)35-21-6-5-20-11-14-37-27(20)17-21/h5-7,9,15-17,26H,4,8,10-14H2,1-3H3. The van der Waals surface area contributed by atoms with Gasteiger partial charge in [-0.3, -0.25) is 0 Å². The first kappa shape index (κ1) is 26.4. The quantitative estimate of drug-likeness (QED) is 0.264. The molecule has 0 saturated carbocycles. The Balaban J connectivity index is 1.50. The predicted octanol–water partition coefficient (Wildman–Crippen LogP) is 8.84. The Labute approximate surface area is 225 Å². The minimum absolute atomic E-state index is 0.286. The minimum atomic E-state index is -4.44. The second kappa shape index (κ2) is 10.9. The van der Waals surface area contributed by atoms with E-state index in [0.717, 1.165) is 57.9 Å². The number of halogens is 3. The van der Waals surface area contributed by atoms with E-state index in [2.05, 4.69) is 6.26 Å². The van der Waals surface area contributed by atoms with Gasteiger partial charge < -0.3 is 9.47 Å². The van der Waals surface area contributed by atoms with E-state index in [-0.39, 0.29) is 5.56 Å². The highest BCUT2D eigenvalue weighted by Crippen LogP contribution is 2.48. The third-order valence-electron chi connectivity index (χ3n) is 7.12. The zero-order valence-corrected chi connectivity index (χ0v) is 23.0. The molecule has 0 aromatic heterocycles. The maximum Gasteiger partial charge on any atom is 0.416 e. The summed E-state index contributed by atoms with van der Waals surface area (Å²) in [5.41, 5.74) is 5.57. The summed E-state index contributed by atoms with van der Waals surface area (Å²) < 4.78 is 54.7. The molecule has 7 heteroatoms. The zero-order valence-electron chi connectivity index (χ0n) is 21.3. The summed E-state index contributed by atoms with van der Waals surface area (Å²) in [6.45, 7) is 4.66. The van der Waals surface area contributed by atoms with E-state index in [1.54, 1.807) is 29.6 Å². The van der Waals surface area contributed by atoms with Crippen LogP contribution in [0, 0.1) is 13.8 Å². The number of fused-ring (bicyclic) bond motifs is 2. The molecule has 2 nitrogen and oxygen atoms in total. The van der Waals surface area contributed by atoms with Gasteiger partial charge in [0.05, 0.1) is 12.2 Å². The number of alkyl halides is 3. The van der Waals surface area contributed by atoms with Crippen LogP contribution in [0.5, 0.6) is 11.5 Å². The number of rotatable bonds is 8. The van der Waals surface area contributed by atoms with Crippen molar-refractivity contribution in [2.45, 2.75) is 56.7 Å². The van der Waals surface area contributed by atoms with Crippen molar-refractivity contribution < 1.29 is 22.6 Å². The molecule has 37 heavy (non-hydrogen) atoms. The molecule has 0 spiro atoms. The molecule has 1 aliphatic heterocycles. The van der Waals surface area contributed by atoms with Gasteiger partial charge in [-0.15, -0.1) is 11.8 Å². The molecule has 0 saturated heterocycles. The zero-order chi connectivity index (χ0) is 26.2. The van der Waals surface area contributed by atoms with E-state index in [0.29, 0.717) is 25.2 Å². The highest BCUT2D eigenvalue weighted by molar-refractivity contribution is 7.99. The van der Waals surface area contributed by atoms with Crippen LogP contribution in [0.2, 0.25) is 0 Å². The largest absolute Gasteiger partial charge is 0.494 e. The summed E-state index contributed by atoms with van der Waals surface area (Å²) in [5.74, 6) is 3.52. The van der Waals surface area contributed by atoms with Crippen LogP contribution in [0.15, 0.2) is 47.4 Å². The van der Waals surface area contributed by atoms with Crippen LogP contribution in [0.25, 0.3) is 11.1 Å². The van der Waals surface area contributed by atoms with Crippen LogP contribution < -0.4 is 9.47 Å². The molecular formula is C30H31F3O2S2. The summed E-state index contributed by atoms with van der Waals surface area (Å²) >= 11 is 3.56. The van der Waals surface area contributed by atoms with Gasteiger partial charge in [-0.25, -0.2) is 0 Å². The molecule has 1 unspecified atom stereocenters. The Morgan fingerprint density at radius 1 is 1.00 bits per heavy atom. The molecule has 0 bridgehead atoms. The molecular weight excluding hydrogens is 513 g/mol. The van der Waals surface area contributed by atoms with E-state index in [1.165, 1.54) is 16.5 Å². The summed E-state index contributed by atoms with van der Waals surface area (Å²) in [5, 5.41) is 0. The number of hydrogen-bond donors (Lipinski definition) is 0. The van der Waals surface area contributed by atoms with Crippen molar-refractivity contribution in [3.63, 3.8) is 0 Å². The van der Waals surface area contributed by atoms with E-state index in [9.17, 15) is 13.2 Å². The van der Waals surface area contributed by atoms with E-state index >= 15 is 0 Å². The Bertz CT molecular complexity index is 1280. The van der Waals surface area contributed by atoms with Gasteiger partial charge in [-0.2, -0.15) is 24.9 Å². The lowest BCUT2D eigenvalue weighted by Crippen LogP contribution is -2.14. The smallest absolute Gasteiger partial charge is 0.416 e. The van der Waals surface area contributed by atoms with Gasteiger partial charge in [-0.1, -0.05) is 12.1 Å². The van der Waals surface area contributed by atoms with E-state index in [1.807, 2.05) is 44.2 Å². The van der Waals surface area contributed by atoms with Crippen LogP contribution in [-0.2, 0) is 19.0 Å². The van der Waals surface area contributed by atoms with Gasteiger partial charge in [0.15, 0.2) is 0 Å². The van der Waals surface area contributed by atoms with Crippen molar-refractivity contribution in [1.82, 2.24) is 0 Å². The highest BCUT2D eigenvalue weighted by atomic mass is 32.2. The number of ether oxygens (including phenoxy) is 2. The number of aryl methyl sites for hydroxylation is 3. The first-order valence-electron chi connectivity index (χ1n) is 12.6. The van der Waals surface area contributed by atoms with Gasteiger partial charge in [0.2, 0.25) is 0 Å². The van der Waals surface area contributed by atoms with Crippen molar-refractivity contribution in [2.24, 2.45) is 0 Å². The molecule has 2 aliphatic rings. The molecule has 1 aliphatic carbocycles. The third-order valence-corrected chi connectivity index (χ3v) is 8.92. The summed E-state index contributed by atoms with van der Waals surface area (Å²) in [6, 6.07) is 12.8. The first-order chi connectivity index (χ1) is 17.8. The maximum atomic E-state index is 14.2. The fraction of sp³-hybridized carbons (Fsp3) is 0.400. The van der Waals surface area contributed by atoms with Gasteiger partial charge >= 0.3 is 6.18 Å². The van der Waals surface area contributed by atoms with Crippen LogP contribution >= 0.6 is 23.5 Å². The molecule has 3 aromatic rings. The van der Waals surface area contributed by atoms with Crippen LogP contribution in [-0.4, -0.2) is 24.4 Å². The highest BCUT2D eigenvalue weighted by Gasteiger charge is 2.40. The SMILES string of the molecule is CSCCCOc1cc(C)c(-c2ccc(C(F)(F)F)c3c2CCC3Oc2ccc3c(c2)SCC3)c(C)c1.